The van der Waals surface area contributed by atoms with Crippen molar-refractivity contribution in [1.29, 1.82) is 0 Å². The number of aromatic nitrogens is 4. The molecule has 22 heavy (non-hydrogen) atoms. The molecule has 0 bridgehead atoms. The summed E-state index contributed by atoms with van der Waals surface area (Å²) in [6.45, 7) is 2.73. The summed E-state index contributed by atoms with van der Waals surface area (Å²) in [7, 11) is 1.77. The molecular weight excluding hydrogens is 278 g/mol. The van der Waals surface area contributed by atoms with E-state index in [1.165, 1.54) is 11.1 Å². The van der Waals surface area contributed by atoms with E-state index in [9.17, 15) is 4.79 Å². The highest BCUT2D eigenvalue weighted by atomic mass is 16.2. The Balaban J connectivity index is 1.67. The van der Waals surface area contributed by atoms with Gasteiger partial charge in [0.2, 0.25) is 0 Å². The molecule has 3 aromatic rings. The average Bonchev–Trinajstić information content (AvgIpc) is 3.08. The van der Waals surface area contributed by atoms with Gasteiger partial charge in [-0.1, -0.05) is 29.8 Å². The van der Waals surface area contributed by atoms with Gasteiger partial charge in [0.15, 0.2) is 11.5 Å². The Bertz CT molecular complexity index is 802. The summed E-state index contributed by atoms with van der Waals surface area (Å²) < 4.78 is 3.38. The fraction of sp³-hybridized carbons (Fsp3) is 0.188. The van der Waals surface area contributed by atoms with Gasteiger partial charge in [-0.05, 0) is 18.6 Å². The third-order valence-corrected chi connectivity index (χ3v) is 3.26. The lowest BCUT2D eigenvalue weighted by atomic mass is 10.1. The molecule has 2 aromatic heterocycles. The molecule has 2 heterocycles. The van der Waals surface area contributed by atoms with Crippen LogP contribution in [-0.4, -0.2) is 25.5 Å². The molecular formula is C16H17N5O. The van der Waals surface area contributed by atoms with Crippen LogP contribution in [-0.2, 0) is 13.6 Å². The molecule has 6 heteroatoms. The highest BCUT2D eigenvalue weighted by Gasteiger charge is 2.10. The first-order valence-electron chi connectivity index (χ1n) is 7.00. The lowest BCUT2D eigenvalue weighted by Crippen LogP contribution is -2.14. The van der Waals surface area contributed by atoms with Crippen molar-refractivity contribution in [3.63, 3.8) is 0 Å². The van der Waals surface area contributed by atoms with E-state index >= 15 is 0 Å². The predicted molar refractivity (Wildman–Crippen MR) is 83.7 cm³/mol. The Morgan fingerprint density at radius 3 is 2.77 bits per heavy atom. The van der Waals surface area contributed by atoms with Crippen molar-refractivity contribution in [2.24, 2.45) is 7.05 Å². The normalized spacial score (nSPS) is 10.6. The summed E-state index contributed by atoms with van der Waals surface area (Å²) in [6, 6.07) is 11.7. The van der Waals surface area contributed by atoms with Crippen molar-refractivity contribution >= 4 is 11.7 Å². The van der Waals surface area contributed by atoms with Crippen LogP contribution in [0, 0.1) is 6.92 Å². The maximum atomic E-state index is 12.0. The molecule has 0 aliphatic heterocycles. The van der Waals surface area contributed by atoms with Crippen molar-refractivity contribution in [3.05, 3.63) is 65.6 Å². The SMILES string of the molecule is Cc1cccc(Cn2ccc(NC(=O)c3ccn(C)n3)n2)c1. The Morgan fingerprint density at radius 2 is 2.05 bits per heavy atom. The zero-order chi connectivity index (χ0) is 15.5. The number of hydrogen-bond donors (Lipinski definition) is 1. The zero-order valence-electron chi connectivity index (χ0n) is 12.5. The van der Waals surface area contributed by atoms with Crippen molar-refractivity contribution < 1.29 is 4.79 Å². The van der Waals surface area contributed by atoms with Gasteiger partial charge in [-0.2, -0.15) is 10.2 Å². The minimum Gasteiger partial charge on any atom is -0.304 e. The summed E-state index contributed by atoms with van der Waals surface area (Å²) >= 11 is 0. The monoisotopic (exact) mass is 295 g/mol. The van der Waals surface area contributed by atoms with E-state index in [4.69, 9.17) is 0 Å². The Labute approximate surface area is 128 Å². The molecule has 0 atom stereocenters. The molecule has 1 N–H and O–H groups in total. The second-order valence-electron chi connectivity index (χ2n) is 5.22. The van der Waals surface area contributed by atoms with Crippen LogP contribution in [0.5, 0.6) is 0 Å². The number of carbonyl (C=O) groups excluding carboxylic acids is 1. The molecule has 3 rings (SSSR count). The van der Waals surface area contributed by atoms with Gasteiger partial charge in [-0.25, -0.2) is 0 Å². The van der Waals surface area contributed by atoms with Crippen LogP contribution in [0.3, 0.4) is 0 Å². The first kappa shape index (κ1) is 14.1. The third-order valence-electron chi connectivity index (χ3n) is 3.26. The Kier molecular flexibility index (Phi) is 3.74. The third kappa shape index (κ3) is 3.22. The minimum atomic E-state index is -0.263. The summed E-state index contributed by atoms with van der Waals surface area (Å²) in [6.07, 6.45) is 3.57. The van der Waals surface area contributed by atoms with Crippen molar-refractivity contribution in [3.8, 4) is 0 Å². The molecule has 0 spiro atoms. The number of anilines is 1. The number of benzene rings is 1. The number of nitrogens with zero attached hydrogens (tertiary/aromatic N) is 4. The second kappa shape index (κ2) is 5.85. The first-order chi connectivity index (χ1) is 10.6. The fourth-order valence-corrected chi connectivity index (χ4v) is 2.23. The highest BCUT2D eigenvalue weighted by Crippen LogP contribution is 2.09. The van der Waals surface area contributed by atoms with E-state index in [0.717, 1.165) is 0 Å². The van der Waals surface area contributed by atoms with E-state index in [0.29, 0.717) is 18.1 Å². The average molecular weight is 295 g/mol. The molecule has 0 aliphatic rings. The largest absolute Gasteiger partial charge is 0.304 e. The summed E-state index contributed by atoms with van der Waals surface area (Å²) in [5.41, 5.74) is 2.76. The topological polar surface area (TPSA) is 64.7 Å². The lowest BCUT2D eigenvalue weighted by Gasteiger charge is -2.03. The maximum Gasteiger partial charge on any atom is 0.277 e. The molecule has 0 radical (unpaired) electrons. The van der Waals surface area contributed by atoms with Crippen LogP contribution >= 0.6 is 0 Å². The Hall–Kier alpha value is -2.89. The second-order valence-corrected chi connectivity index (χ2v) is 5.22. The van der Waals surface area contributed by atoms with Crippen LogP contribution in [0.25, 0.3) is 0 Å². The number of rotatable bonds is 4. The van der Waals surface area contributed by atoms with Crippen molar-refractivity contribution in [1.82, 2.24) is 19.6 Å². The predicted octanol–water partition coefficient (Wildman–Crippen LogP) is 2.23. The molecule has 0 aliphatic carbocycles. The van der Waals surface area contributed by atoms with Crippen LogP contribution in [0.4, 0.5) is 5.82 Å². The molecule has 0 fully saturated rings. The van der Waals surface area contributed by atoms with Crippen molar-refractivity contribution in [2.75, 3.05) is 5.32 Å². The number of aryl methyl sites for hydroxylation is 2. The molecule has 112 valence electrons. The van der Waals surface area contributed by atoms with Gasteiger partial charge in [-0.3, -0.25) is 14.2 Å². The van der Waals surface area contributed by atoms with Crippen LogP contribution in [0.1, 0.15) is 21.6 Å². The number of carbonyl (C=O) groups is 1. The standard InChI is InChI=1S/C16H17N5O/c1-12-4-3-5-13(10-12)11-21-9-7-15(19-21)17-16(22)14-6-8-20(2)18-14/h3-10H,11H2,1-2H3,(H,17,19,22). The van der Waals surface area contributed by atoms with E-state index in [1.54, 1.807) is 34.7 Å². The van der Waals surface area contributed by atoms with Gasteiger partial charge >= 0.3 is 0 Å². The minimum absolute atomic E-state index is 0.263. The number of amides is 1. The van der Waals surface area contributed by atoms with Gasteiger partial charge in [0, 0.05) is 25.5 Å². The molecule has 1 amide bonds. The molecule has 0 unspecified atom stereocenters. The van der Waals surface area contributed by atoms with Crippen molar-refractivity contribution in [2.45, 2.75) is 13.5 Å². The fourth-order valence-electron chi connectivity index (χ4n) is 2.23. The molecule has 0 saturated heterocycles. The maximum absolute atomic E-state index is 12.0. The molecule has 0 saturated carbocycles. The zero-order valence-corrected chi connectivity index (χ0v) is 12.5. The molecule has 1 aromatic carbocycles. The first-order valence-corrected chi connectivity index (χ1v) is 7.00. The smallest absolute Gasteiger partial charge is 0.277 e. The number of nitrogens with one attached hydrogen (secondary N) is 1. The van der Waals surface area contributed by atoms with E-state index in [-0.39, 0.29) is 5.91 Å². The van der Waals surface area contributed by atoms with Gasteiger partial charge in [0.25, 0.3) is 5.91 Å². The Morgan fingerprint density at radius 1 is 1.18 bits per heavy atom. The molecule has 6 nitrogen and oxygen atoms in total. The van der Waals surface area contributed by atoms with E-state index in [2.05, 4.69) is 40.6 Å². The summed E-state index contributed by atoms with van der Waals surface area (Å²) in [4.78, 5) is 12.0. The summed E-state index contributed by atoms with van der Waals surface area (Å²) in [5.74, 6) is 0.254. The van der Waals surface area contributed by atoms with E-state index < -0.39 is 0 Å². The number of hydrogen-bond acceptors (Lipinski definition) is 3. The van der Waals surface area contributed by atoms with Crippen LogP contribution in [0.15, 0.2) is 48.8 Å². The quantitative estimate of drug-likeness (QED) is 0.802. The van der Waals surface area contributed by atoms with E-state index in [1.807, 2.05) is 12.3 Å². The van der Waals surface area contributed by atoms with Gasteiger partial charge in [0.05, 0.1) is 6.54 Å². The van der Waals surface area contributed by atoms with Gasteiger partial charge < -0.3 is 5.32 Å². The van der Waals surface area contributed by atoms with Gasteiger partial charge in [0.1, 0.15) is 0 Å². The van der Waals surface area contributed by atoms with Crippen LogP contribution < -0.4 is 5.32 Å². The highest BCUT2D eigenvalue weighted by molar-refractivity contribution is 6.02. The van der Waals surface area contributed by atoms with Crippen LogP contribution in [0.2, 0.25) is 0 Å². The summed E-state index contributed by atoms with van der Waals surface area (Å²) in [5, 5.41) is 11.2. The lowest BCUT2D eigenvalue weighted by molar-refractivity contribution is 0.102. The van der Waals surface area contributed by atoms with Gasteiger partial charge in [-0.15, -0.1) is 0 Å².